The van der Waals surface area contributed by atoms with Gasteiger partial charge in [0.25, 0.3) is 5.91 Å². The average molecular weight is 261 g/mol. The lowest BCUT2D eigenvalue weighted by Gasteiger charge is -2.17. The van der Waals surface area contributed by atoms with Gasteiger partial charge in [-0.1, -0.05) is 19.4 Å². The molecule has 0 spiro atoms. The summed E-state index contributed by atoms with van der Waals surface area (Å²) < 4.78 is 0. The molecule has 104 valence electrons. The third-order valence-corrected chi connectivity index (χ3v) is 3.73. The molecule has 1 aromatic rings. The summed E-state index contributed by atoms with van der Waals surface area (Å²) >= 11 is 0. The van der Waals surface area contributed by atoms with Gasteiger partial charge in [0.2, 0.25) is 0 Å². The summed E-state index contributed by atoms with van der Waals surface area (Å²) in [5.41, 5.74) is 3.41. The van der Waals surface area contributed by atoms with Crippen molar-refractivity contribution in [2.45, 2.75) is 51.6 Å². The number of carbonyl (C=O) groups is 1. The van der Waals surface area contributed by atoms with Crippen LogP contribution in [-0.2, 0) is 12.8 Å². The number of aliphatic hydroxyl groups excluding tert-OH is 1. The Morgan fingerprint density at radius 1 is 1.32 bits per heavy atom. The molecular weight excluding hydrogens is 238 g/mol. The van der Waals surface area contributed by atoms with Crippen LogP contribution in [0.5, 0.6) is 0 Å². The van der Waals surface area contributed by atoms with Crippen molar-refractivity contribution >= 4 is 5.91 Å². The molecule has 1 unspecified atom stereocenters. The van der Waals surface area contributed by atoms with Crippen molar-refractivity contribution in [2.24, 2.45) is 0 Å². The van der Waals surface area contributed by atoms with Crippen LogP contribution in [0.3, 0.4) is 0 Å². The van der Waals surface area contributed by atoms with Gasteiger partial charge in [0.05, 0.1) is 6.10 Å². The Labute approximate surface area is 115 Å². The van der Waals surface area contributed by atoms with Gasteiger partial charge in [0.1, 0.15) is 0 Å². The van der Waals surface area contributed by atoms with E-state index in [-0.39, 0.29) is 5.91 Å². The Morgan fingerprint density at radius 3 is 2.79 bits per heavy atom. The van der Waals surface area contributed by atoms with E-state index in [1.807, 2.05) is 19.1 Å². The summed E-state index contributed by atoms with van der Waals surface area (Å²) in [5, 5.41) is 12.4. The van der Waals surface area contributed by atoms with E-state index >= 15 is 0 Å². The number of carbonyl (C=O) groups excluding carboxylic acids is 1. The predicted octanol–water partition coefficient (Wildman–Crippen LogP) is 2.46. The molecule has 3 nitrogen and oxygen atoms in total. The predicted molar refractivity (Wildman–Crippen MR) is 76.3 cm³/mol. The van der Waals surface area contributed by atoms with Crippen molar-refractivity contribution in [3.05, 3.63) is 34.9 Å². The fourth-order valence-corrected chi connectivity index (χ4v) is 2.62. The summed E-state index contributed by atoms with van der Waals surface area (Å²) in [6.07, 6.45) is 5.89. The number of aliphatic hydroxyl groups is 1. The number of aryl methyl sites for hydroxylation is 2. The molecule has 1 aliphatic rings. The highest BCUT2D eigenvalue weighted by Gasteiger charge is 2.13. The minimum absolute atomic E-state index is 0.0801. The van der Waals surface area contributed by atoms with Crippen molar-refractivity contribution in [2.75, 3.05) is 6.54 Å². The Balaban J connectivity index is 1.95. The second-order valence-electron chi connectivity index (χ2n) is 5.34. The lowest BCUT2D eigenvalue weighted by Crippen LogP contribution is -2.32. The molecule has 0 bridgehead atoms. The van der Waals surface area contributed by atoms with Crippen LogP contribution in [0.4, 0.5) is 0 Å². The van der Waals surface area contributed by atoms with Crippen LogP contribution in [0.1, 0.15) is 54.1 Å². The van der Waals surface area contributed by atoms with Crippen molar-refractivity contribution in [3.8, 4) is 0 Å². The molecule has 0 fully saturated rings. The molecule has 1 atom stereocenters. The zero-order valence-electron chi connectivity index (χ0n) is 11.6. The molecule has 19 heavy (non-hydrogen) atoms. The fourth-order valence-electron chi connectivity index (χ4n) is 2.62. The quantitative estimate of drug-likeness (QED) is 0.855. The number of rotatable bonds is 5. The molecule has 2 rings (SSSR count). The molecule has 1 aromatic carbocycles. The van der Waals surface area contributed by atoms with Crippen molar-refractivity contribution in [3.63, 3.8) is 0 Å². The SMILES string of the molecule is CCCC(O)CNC(=O)c1ccc2c(c1)CCCC2. The van der Waals surface area contributed by atoms with E-state index in [0.717, 1.165) is 25.7 Å². The van der Waals surface area contributed by atoms with Crippen molar-refractivity contribution in [1.82, 2.24) is 5.32 Å². The van der Waals surface area contributed by atoms with Gasteiger partial charge in [-0.2, -0.15) is 0 Å². The van der Waals surface area contributed by atoms with Crippen LogP contribution in [0.15, 0.2) is 18.2 Å². The summed E-state index contributed by atoms with van der Waals surface area (Å²) in [4.78, 5) is 12.0. The molecule has 0 saturated heterocycles. The second-order valence-corrected chi connectivity index (χ2v) is 5.34. The molecule has 0 heterocycles. The molecule has 0 saturated carbocycles. The van der Waals surface area contributed by atoms with Gasteiger partial charge < -0.3 is 10.4 Å². The van der Waals surface area contributed by atoms with Crippen molar-refractivity contribution in [1.29, 1.82) is 0 Å². The first kappa shape index (κ1) is 14.1. The van der Waals surface area contributed by atoms with Crippen LogP contribution in [-0.4, -0.2) is 23.7 Å². The highest BCUT2D eigenvalue weighted by Crippen LogP contribution is 2.22. The van der Waals surface area contributed by atoms with E-state index in [9.17, 15) is 9.90 Å². The topological polar surface area (TPSA) is 49.3 Å². The lowest BCUT2D eigenvalue weighted by molar-refractivity contribution is 0.0910. The van der Waals surface area contributed by atoms with Gasteiger partial charge in [-0.25, -0.2) is 0 Å². The van der Waals surface area contributed by atoms with E-state index < -0.39 is 6.10 Å². The molecule has 3 heteroatoms. The van der Waals surface area contributed by atoms with Gasteiger partial charge in [-0.05, 0) is 55.4 Å². The Hall–Kier alpha value is -1.35. The minimum Gasteiger partial charge on any atom is -0.391 e. The third-order valence-electron chi connectivity index (χ3n) is 3.73. The van der Waals surface area contributed by atoms with Gasteiger partial charge in [-0.15, -0.1) is 0 Å². The molecule has 0 aliphatic heterocycles. The van der Waals surface area contributed by atoms with Crippen LogP contribution >= 0.6 is 0 Å². The molecule has 1 aliphatic carbocycles. The maximum Gasteiger partial charge on any atom is 0.251 e. The summed E-state index contributed by atoms with van der Waals surface area (Å²) in [6.45, 7) is 2.36. The Bertz CT molecular complexity index is 442. The highest BCUT2D eigenvalue weighted by molar-refractivity contribution is 5.94. The van der Waals surface area contributed by atoms with Gasteiger partial charge in [-0.3, -0.25) is 4.79 Å². The fraction of sp³-hybridized carbons (Fsp3) is 0.562. The average Bonchev–Trinajstić information content (AvgIpc) is 2.44. The van der Waals surface area contributed by atoms with Gasteiger partial charge in [0, 0.05) is 12.1 Å². The number of fused-ring (bicyclic) bond motifs is 1. The normalized spacial score (nSPS) is 15.7. The van der Waals surface area contributed by atoms with Crippen LogP contribution in [0.25, 0.3) is 0 Å². The number of benzene rings is 1. The number of amides is 1. The number of hydrogen-bond donors (Lipinski definition) is 2. The van der Waals surface area contributed by atoms with E-state index in [2.05, 4.69) is 11.4 Å². The first-order chi connectivity index (χ1) is 9.20. The smallest absolute Gasteiger partial charge is 0.251 e. The number of hydrogen-bond acceptors (Lipinski definition) is 2. The van der Waals surface area contributed by atoms with Crippen LogP contribution in [0, 0.1) is 0 Å². The third kappa shape index (κ3) is 3.80. The zero-order valence-corrected chi connectivity index (χ0v) is 11.6. The highest BCUT2D eigenvalue weighted by atomic mass is 16.3. The van der Waals surface area contributed by atoms with E-state index in [4.69, 9.17) is 0 Å². The van der Waals surface area contributed by atoms with Gasteiger partial charge in [0.15, 0.2) is 0 Å². The van der Waals surface area contributed by atoms with E-state index in [1.165, 1.54) is 24.0 Å². The molecular formula is C16H23NO2. The zero-order chi connectivity index (χ0) is 13.7. The summed E-state index contributed by atoms with van der Waals surface area (Å²) in [7, 11) is 0. The summed E-state index contributed by atoms with van der Waals surface area (Å²) in [5.74, 6) is -0.0801. The van der Waals surface area contributed by atoms with E-state index in [0.29, 0.717) is 12.1 Å². The summed E-state index contributed by atoms with van der Waals surface area (Å²) in [6, 6.07) is 5.98. The first-order valence-corrected chi connectivity index (χ1v) is 7.28. The van der Waals surface area contributed by atoms with Crippen LogP contribution < -0.4 is 5.32 Å². The van der Waals surface area contributed by atoms with Crippen molar-refractivity contribution < 1.29 is 9.90 Å². The molecule has 0 radical (unpaired) electrons. The first-order valence-electron chi connectivity index (χ1n) is 7.28. The monoisotopic (exact) mass is 261 g/mol. The van der Waals surface area contributed by atoms with E-state index in [1.54, 1.807) is 0 Å². The Morgan fingerprint density at radius 2 is 2.05 bits per heavy atom. The lowest BCUT2D eigenvalue weighted by atomic mass is 9.90. The minimum atomic E-state index is -0.438. The largest absolute Gasteiger partial charge is 0.391 e. The van der Waals surface area contributed by atoms with Gasteiger partial charge >= 0.3 is 0 Å². The maximum atomic E-state index is 12.0. The molecule has 2 N–H and O–H groups in total. The van der Waals surface area contributed by atoms with Crippen LogP contribution in [0.2, 0.25) is 0 Å². The maximum absolute atomic E-state index is 12.0. The standard InChI is InChI=1S/C16H23NO2/c1-2-5-15(18)11-17-16(19)14-9-8-12-6-3-4-7-13(12)10-14/h8-10,15,18H,2-7,11H2,1H3,(H,17,19). The second kappa shape index (κ2) is 6.71. The Kier molecular flexibility index (Phi) is 4.97. The molecule has 0 aromatic heterocycles. The molecule has 1 amide bonds. The number of nitrogens with one attached hydrogen (secondary N) is 1.